The summed E-state index contributed by atoms with van der Waals surface area (Å²) in [6.07, 6.45) is 1.05. The topological polar surface area (TPSA) is 40.5 Å². The molecule has 0 atom stereocenters. The van der Waals surface area contributed by atoms with Crippen molar-refractivity contribution in [1.82, 2.24) is 4.90 Å². The lowest BCUT2D eigenvalue weighted by molar-refractivity contribution is 0.0777. The van der Waals surface area contributed by atoms with Gasteiger partial charge in [0.1, 0.15) is 5.75 Å². The first-order valence-electron chi connectivity index (χ1n) is 5.98. The summed E-state index contributed by atoms with van der Waals surface area (Å²) >= 11 is 0. The maximum atomic E-state index is 12.3. The minimum absolute atomic E-state index is 0.0769. The number of aryl methyl sites for hydroxylation is 1. The number of hydrogen-bond donors (Lipinski definition) is 1. The van der Waals surface area contributed by atoms with Gasteiger partial charge in [0, 0.05) is 18.7 Å². The van der Waals surface area contributed by atoms with Gasteiger partial charge in [-0.1, -0.05) is 13.8 Å². The summed E-state index contributed by atoms with van der Waals surface area (Å²) < 4.78 is 0. The monoisotopic (exact) mass is 233 g/mol. The lowest BCUT2D eigenvalue weighted by Gasteiger charge is -2.20. The Hall–Kier alpha value is -1.51. The van der Waals surface area contributed by atoms with E-state index in [0.717, 1.165) is 25.1 Å². The van der Waals surface area contributed by atoms with Crippen molar-refractivity contribution < 1.29 is 9.90 Å². The maximum Gasteiger partial charge on any atom is 0.254 e. The van der Waals surface area contributed by atoms with Crippen molar-refractivity contribution in [2.75, 3.05) is 13.1 Å². The van der Waals surface area contributed by atoms with Gasteiger partial charge < -0.3 is 10.0 Å². The Labute approximate surface area is 102 Å². The van der Waals surface area contributed by atoms with E-state index in [1.165, 1.54) is 0 Å². The summed E-state index contributed by atoms with van der Waals surface area (Å²) in [5.74, 6) is 0.286. The molecule has 0 aliphatic carbocycles. The van der Waals surface area contributed by atoms with E-state index in [4.69, 9.17) is 0 Å². The summed E-state index contributed by atoms with van der Waals surface area (Å²) in [6.45, 7) is 7.86. The molecule has 1 amide bonds. The molecule has 1 aliphatic heterocycles. The van der Waals surface area contributed by atoms with Crippen LogP contribution in [0.15, 0.2) is 18.2 Å². The Morgan fingerprint density at radius 2 is 2.12 bits per heavy atom. The molecular formula is C14H19NO2. The van der Waals surface area contributed by atoms with E-state index >= 15 is 0 Å². The number of carbonyl (C=O) groups excluding carboxylic acids is 1. The first-order chi connectivity index (χ1) is 7.89. The van der Waals surface area contributed by atoms with Crippen LogP contribution in [-0.2, 0) is 0 Å². The maximum absolute atomic E-state index is 12.3. The van der Waals surface area contributed by atoms with E-state index in [0.29, 0.717) is 5.56 Å². The lowest BCUT2D eigenvalue weighted by Crippen LogP contribution is -2.30. The fraction of sp³-hybridized carbons (Fsp3) is 0.500. The predicted octanol–water partition coefficient (Wildman–Crippen LogP) is 2.57. The van der Waals surface area contributed by atoms with Gasteiger partial charge in [-0.3, -0.25) is 4.79 Å². The molecule has 1 N–H and O–H groups in total. The van der Waals surface area contributed by atoms with Gasteiger partial charge in [0.25, 0.3) is 5.91 Å². The minimum Gasteiger partial charge on any atom is -0.508 e. The van der Waals surface area contributed by atoms with Crippen LogP contribution in [0.3, 0.4) is 0 Å². The van der Waals surface area contributed by atoms with Crippen molar-refractivity contribution in [3.63, 3.8) is 0 Å². The van der Waals surface area contributed by atoms with Gasteiger partial charge >= 0.3 is 0 Å². The van der Waals surface area contributed by atoms with Gasteiger partial charge in [0.15, 0.2) is 0 Å². The van der Waals surface area contributed by atoms with Crippen molar-refractivity contribution in [2.24, 2.45) is 5.41 Å². The average molecular weight is 233 g/mol. The van der Waals surface area contributed by atoms with Gasteiger partial charge in [-0.15, -0.1) is 0 Å². The summed E-state index contributed by atoms with van der Waals surface area (Å²) in [6, 6.07) is 4.91. The van der Waals surface area contributed by atoms with E-state index in [1.54, 1.807) is 18.2 Å². The lowest BCUT2D eigenvalue weighted by atomic mass is 9.93. The summed E-state index contributed by atoms with van der Waals surface area (Å²) in [4.78, 5) is 14.2. The number of phenolic OH excluding ortho intramolecular Hbond substituents is 1. The van der Waals surface area contributed by atoms with E-state index in [2.05, 4.69) is 13.8 Å². The van der Waals surface area contributed by atoms with Crippen LogP contribution in [0.5, 0.6) is 5.75 Å². The molecular weight excluding hydrogens is 214 g/mol. The molecule has 1 aromatic rings. The Balaban J connectivity index is 2.21. The third-order valence-corrected chi connectivity index (χ3v) is 3.40. The Morgan fingerprint density at radius 1 is 1.41 bits per heavy atom. The van der Waals surface area contributed by atoms with Gasteiger partial charge in [0.05, 0.1) is 0 Å². The van der Waals surface area contributed by atoms with Crippen molar-refractivity contribution in [3.05, 3.63) is 29.3 Å². The fourth-order valence-corrected chi connectivity index (χ4v) is 2.34. The molecule has 1 saturated heterocycles. The second-order valence-corrected chi connectivity index (χ2v) is 5.64. The van der Waals surface area contributed by atoms with Crippen molar-refractivity contribution in [2.45, 2.75) is 27.2 Å². The van der Waals surface area contributed by atoms with Crippen LogP contribution in [0.4, 0.5) is 0 Å². The number of carbonyl (C=O) groups is 1. The zero-order valence-electron chi connectivity index (χ0n) is 10.7. The van der Waals surface area contributed by atoms with Crippen LogP contribution in [0.1, 0.15) is 36.2 Å². The van der Waals surface area contributed by atoms with Crippen LogP contribution in [-0.4, -0.2) is 29.0 Å². The molecule has 0 radical (unpaired) electrons. The fourth-order valence-electron chi connectivity index (χ4n) is 2.34. The van der Waals surface area contributed by atoms with Crippen molar-refractivity contribution >= 4 is 5.91 Å². The highest BCUT2D eigenvalue weighted by Crippen LogP contribution is 2.30. The van der Waals surface area contributed by atoms with Crippen LogP contribution in [0, 0.1) is 12.3 Å². The SMILES string of the molecule is Cc1cc(O)ccc1C(=O)N1CCC(C)(C)C1. The first kappa shape index (κ1) is 12.0. The molecule has 1 aliphatic rings. The minimum atomic E-state index is 0.0769. The number of aromatic hydroxyl groups is 1. The number of likely N-dealkylation sites (tertiary alicyclic amines) is 1. The third kappa shape index (κ3) is 2.43. The van der Waals surface area contributed by atoms with Gasteiger partial charge in [-0.05, 0) is 42.5 Å². The number of rotatable bonds is 1. The van der Waals surface area contributed by atoms with Crippen molar-refractivity contribution in [1.29, 1.82) is 0 Å². The molecule has 0 aromatic heterocycles. The smallest absolute Gasteiger partial charge is 0.254 e. The zero-order valence-corrected chi connectivity index (χ0v) is 10.7. The van der Waals surface area contributed by atoms with E-state index in [9.17, 15) is 9.90 Å². The Bertz CT molecular complexity index is 452. The van der Waals surface area contributed by atoms with E-state index in [-0.39, 0.29) is 17.1 Å². The summed E-state index contributed by atoms with van der Waals surface area (Å²) in [5.41, 5.74) is 1.75. The number of hydrogen-bond acceptors (Lipinski definition) is 2. The molecule has 0 saturated carbocycles. The largest absolute Gasteiger partial charge is 0.508 e. The third-order valence-electron chi connectivity index (χ3n) is 3.40. The first-order valence-corrected chi connectivity index (χ1v) is 5.98. The van der Waals surface area contributed by atoms with Crippen LogP contribution < -0.4 is 0 Å². The normalized spacial score (nSPS) is 18.4. The molecule has 0 unspecified atom stereocenters. The van der Waals surface area contributed by atoms with Crippen LogP contribution in [0.25, 0.3) is 0 Å². The predicted molar refractivity (Wildman–Crippen MR) is 67.1 cm³/mol. The number of phenols is 1. The molecule has 92 valence electrons. The molecule has 1 aromatic carbocycles. The number of benzene rings is 1. The van der Waals surface area contributed by atoms with Gasteiger partial charge in [-0.2, -0.15) is 0 Å². The van der Waals surface area contributed by atoms with Gasteiger partial charge in [0.2, 0.25) is 0 Å². The average Bonchev–Trinajstić information content (AvgIpc) is 2.58. The molecule has 0 bridgehead atoms. The number of nitrogens with zero attached hydrogens (tertiary/aromatic N) is 1. The quantitative estimate of drug-likeness (QED) is 0.810. The zero-order chi connectivity index (χ0) is 12.6. The molecule has 3 nitrogen and oxygen atoms in total. The summed E-state index contributed by atoms with van der Waals surface area (Å²) in [7, 11) is 0. The highest BCUT2D eigenvalue weighted by molar-refractivity contribution is 5.96. The highest BCUT2D eigenvalue weighted by Gasteiger charge is 2.32. The van der Waals surface area contributed by atoms with Crippen molar-refractivity contribution in [3.8, 4) is 5.75 Å². The molecule has 17 heavy (non-hydrogen) atoms. The summed E-state index contributed by atoms with van der Waals surface area (Å²) in [5, 5.41) is 9.34. The molecule has 0 spiro atoms. The van der Waals surface area contributed by atoms with Gasteiger partial charge in [-0.25, -0.2) is 0 Å². The standard InChI is InChI=1S/C14H19NO2/c1-10-8-11(16)4-5-12(10)13(17)15-7-6-14(2,3)9-15/h4-5,8,16H,6-7,9H2,1-3H3. The highest BCUT2D eigenvalue weighted by atomic mass is 16.3. The Morgan fingerprint density at radius 3 is 2.65 bits per heavy atom. The van der Waals surface area contributed by atoms with Crippen LogP contribution >= 0.6 is 0 Å². The number of amides is 1. The molecule has 3 heteroatoms. The van der Waals surface area contributed by atoms with E-state index in [1.807, 2.05) is 11.8 Å². The Kier molecular flexibility index (Phi) is 2.86. The molecule has 1 heterocycles. The second-order valence-electron chi connectivity index (χ2n) is 5.64. The second kappa shape index (κ2) is 4.06. The molecule has 1 fully saturated rings. The molecule has 2 rings (SSSR count). The van der Waals surface area contributed by atoms with Crippen LogP contribution in [0.2, 0.25) is 0 Å². The van der Waals surface area contributed by atoms with E-state index < -0.39 is 0 Å².